The average molecular weight is 410 g/mol. The minimum atomic E-state index is -3.86. The summed E-state index contributed by atoms with van der Waals surface area (Å²) in [7, 11) is -2.39. The number of aryl methyl sites for hydroxylation is 1. The molecule has 0 fully saturated rings. The summed E-state index contributed by atoms with van der Waals surface area (Å²) >= 11 is 0. The van der Waals surface area contributed by atoms with Gasteiger partial charge in [0.1, 0.15) is 5.75 Å². The van der Waals surface area contributed by atoms with Gasteiger partial charge in [-0.15, -0.1) is 0 Å². The topological polar surface area (TPSA) is 84.5 Å². The molecule has 3 rings (SSSR count). The second-order valence-corrected chi connectivity index (χ2v) is 8.18. The summed E-state index contributed by atoms with van der Waals surface area (Å²) < 4.78 is 33.4. The molecule has 0 aliphatic carbocycles. The maximum Gasteiger partial charge on any atom is 0.262 e. The summed E-state index contributed by atoms with van der Waals surface area (Å²) in [6, 6.07) is 20.7. The third-order valence-corrected chi connectivity index (χ3v) is 5.72. The second-order valence-electron chi connectivity index (χ2n) is 6.49. The Labute approximate surface area is 170 Å². The number of hydrogen-bond acceptors (Lipinski definition) is 4. The molecule has 0 saturated heterocycles. The Morgan fingerprint density at radius 3 is 2.34 bits per heavy atom. The van der Waals surface area contributed by atoms with Crippen LogP contribution in [-0.2, 0) is 21.2 Å². The molecule has 0 bridgehead atoms. The highest BCUT2D eigenvalue weighted by Crippen LogP contribution is 2.27. The van der Waals surface area contributed by atoms with Crippen LogP contribution in [0, 0.1) is 6.92 Å². The Morgan fingerprint density at radius 1 is 0.931 bits per heavy atom. The van der Waals surface area contributed by atoms with Crippen LogP contribution < -0.4 is 14.8 Å². The largest absolute Gasteiger partial charge is 0.495 e. The van der Waals surface area contributed by atoms with Gasteiger partial charge in [-0.25, -0.2) is 8.42 Å². The predicted octanol–water partition coefficient (Wildman–Crippen LogP) is 3.99. The Hall–Kier alpha value is -3.32. The standard InChI is InChI=1S/C22H22N2O4S/c1-16-12-13-18(29(26,27)24-19-10-6-7-11-21(19)28-2)15-20(16)23-22(25)14-17-8-4-3-5-9-17/h3-13,15,24H,14H2,1-2H3,(H,23,25). The number of methoxy groups -OCH3 is 1. The van der Waals surface area contributed by atoms with Crippen molar-refractivity contribution in [3.8, 4) is 5.75 Å². The first-order valence-corrected chi connectivity index (χ1v) is 10.5. The lowest BCUT2D eigenvalue weighted by molar-refractivity contribution is -0.115. The number of para-hydroxylation sites is 2. The van der Waals surface area contributed by atoms with Crippen LogP contribution in [0.5, 0.6) is 5.75 Å². The lowest BCUT2D eigenvalue weighted by Gasteiger charge is -2.14. The molecular weight excluding hydrogens is 388 g/mol. The molecule has 0 radical (unpaired) electrons. The minimum absolute atomic E-state index is 0.0454. The van der Waals surface area contributed by atoms with Crippen LogP contribution in [0.15, 0.2) is 77.7 Å². The summed E-state index contributed by atoms with van der Waals surface area (Å²) in [6.45, 7) is 1.81. The summed E-state index contributed by atoms with van der Waals surface area (Å²) in [6.07, 6.45) is 0.205. The van der Waals surface area contributed by atoms with Gasteiger partial charge in [0.2, 0.25) is 5.91 Å². The maximum absolute atomic E-state index is 12.8. The van der Waals surface area contributed by atoms with Crippen molar-refractivity contribution in [3.05, 3.63) is 83.9 Å². The highest BCUT2D eigenvalue weighted by Gasteiger charge is 2.18. The SMILES string of the molecule is COc1ccccc1NS(=O)(=O)c1ccc(C)c(NC(=O)Cc2ccccc2)c1. The van der Waals surface area contributed by atoms with Crippen LogP contribution in [0.25, 0.3) is 0 Å². The normalized spacial score (nSPS) is 11.0. The molecule has 3 aromatic carbocycles. The molecular formula is C22H22N2O4S. The number of carbonyl (C=O) groups excluding carboxylic acids is 1. The third-order valence-electron chi connectivity index (χ3n) is 4.35. The van der Waals surface area contributed by atoms with E-state index in [-0.39, 0.29) is 17.2 Å². The molecule has 29 heavy (non-hydrogen) atoms. The average Bonchev–Trinajstić information content (AvgIpc) is 2.70. The highest BCUT2D eigenvalue weighted by atomic mass is 32.2. The van der Waals surface area contributed by atoms with Crippen molar-refractivity contribution >= 4 is 27.3 Å². The number of anilines is 2. The van der Waals surface area contributed by atoms with Crippen molar-refractivity contribution in [1.29, 1.82) is 0 Å². The summed E-state index contributed by atoms with van der Waals surface area (Å²) in [4.78, 5) is 12.4. The van der Waals surface area contributed by atoms with E-state index >= 15 is 0 Å². The van der Waals surface area contributed by atoms with Crippen molar-refractivity contribution in [2.45, 2.75) is 18.2 Å². The van der Waals surface area contributed by atoms with E-state index < -0.39 is 10.0 Å². The van der Waals surface area contributed by atoms with Crippen LogP contribution in [0.4, 0.5) is 11.4 Å². The van der Waals surface area contributed by atoms with Gasteiger partial charge in [0, 0.05) is 5.69 Å². The predicted molar refractivity (Wildman–Crippen MR) is 114 cm³/mol. The molecule has 3 aromatic rings. The molecule has 0 aliphatic heterocycles. The van der Waals surface area contributed by atoms with E-state index in [9.17, 15) is 13.2 Å². The van der Waals surface area contributed by atoms with Gasteiger partial charge in [-0.3, -0.25) is 9.52 Å². The number of carbonyl (C=O) groups is 1. The Bertz CT molecular complexity index is 1110. The molecule has 0 heterocycles. The van der Waals surface area contributed by atoms with Gasteiger partial charge in [0.15, 0.2) is 0 Å². The first-order chi connectivity index (χ1) is 13.9. The Balaban J connectivity index is 1.81. The summed E-state index contributed by atoms with van der Waals surface area (Å²) in [5.74, 6) is 0.200. The van der Waals surface area contributed by atoms with Gasteiger partial charge >= 0.3 is 0 Å². The van der Waals surface area contributed by atoms with Gasteiger partial charge in [-0.1, -0.05) is 48.5 Å². The molecule has 0 aliphatic rings. The van der Waals surface area contributed by atoms with E-state index in [0.29, 0.717) is 17.1 Å². The van der Waals surface area contributed by atoms with Crippen molar-refractivity contribution in [2.24, 2.45) is 0 Å². The fraction of sp³-hybridized carbons (Fsp3) is 0.136. The van der Waals surface area contributed by atoms with E-state index in [1.807, 2.05) is 37.3 Å². The van der Waals surface area contributed by atoms with Crippen LogP contribution in [0.2, 0.25) is 0 Å². The van der Waals surface area contributed by atoms with Crippen molar-refractivity contribution in [2.75, 3.05) is 17.1 Å². The quantitative estimate of drug-likeness (QED) is 0.617. The van der Waals surface area contributed by atoms with Crippen molar-refractivity contribution < 1.29 is 17.9 Å². The van der Waals surface area contributed by atoms with Crippen LogP contribution >= 0.6 is 0 Å². The smallest absolute Gasteiger partial charge is 0.262 e. The Kier molecular flexibility index (Phi) is 6.19. The summed E-state index contributed by atoms with van der Waals surface area (Å²) in [5.41, 5.74) is 2.44. The summed E-state index contributed by atoms with van der Waals surface area (Å²) in [5, 5.41) is 2.80. The number of amides is 1. The number of benzene rings is 3. The monoisotopic (exact) mass is 410 g/mol. The van der Waals surface area contributed by atoms with Gasteiger partial charge in [-0.05, 0) is 42.3 Å². The number of nitrogens with one attached hydrogen (secondary N) is 2. The zero-order valence-corrected chi connectivity index (χ0v) is 17.0. The first kappa shape index (κ1) is 20.4. The van der Waals surface area contributed by atoms with Crippen LogP contribution in [0.3, 0.4) is 0 Å². The first-order valence-electron chi connectivity index (χ1n) is 8.99. The van der Waals surface area contributed by atoms with E-state index in [2.05, 4.69) is 10.0 Å². The molecule has 7 heteroatoms. The third kappa shape index (κ3) is 5.14. The molecule has 6 nitrogen and oxygen atoms in total. The van der Waals surface area contributed by atoms with Crippen molar-refractivity contribution in [3.63, 3.8) is 0 Å². The lowest BCUT2D eigenvalue weighted by atomic mass is 10.1. The Morgan fingerprint density at radius 2 is 1.62 bits per heavy atom. The molecule has 0 unspecified atom stereocenters. The fourth-order valence-electron chi connectivity index (χ4n) is 2.81. The van der Waals surface area contributed by atoms with Gasteiger partial charge < -0.3 is 10.1 Å². The number of hydrogen-bond donors (Lipinski definition) is 2. The lowest BCUT2D eigenvalue weighted by Crippen LogP contribution is -2.17. The molecule has 2 N–H and O–H groups in total. The van der Waals surface area contributed by atoms with E-state index in [1.165, 1.54) is 19.2 Å². The highest BCUT2D eigenvalue weighted by molar-refractivity contribution is 7.92. The van der Waals surface area contributed by atoms with E-state index in [4.69, 9.17) is 4.74 Å². The molecule has 0 saturated carbocycles. The maximum atomic E-state index is 12.8. The zero-order chi connectivity index (χ0) is 20.9. The minimum Gasteiger partial charge on any atom is -0.495 e. The van der Waals surface area contributed by atoms with E-state index in [0.717, 1.165) is 11.1 Å². The molecule has 0 spiro atoms. The van der Waals surface area contributed by atoms with Gasteiger partial charge in [0.25, 0.3) is 10.0 Å². The number of sulfonamides is 1. The van der Waals surface area contributed by atoms with Crippen LogP contribution in [-0.4, -0.2) is 21.4 Å². The fourth-order valence-corrected chi connectivity index (χ4v) is 3.91. The van der Waals surface area contributed by atoms with Gasteiger partial charge in [-0.2, -0.15) is 0 Å². The van der Waals surface area contributed by atoms with Crippen molar-refractivity contribution in [1.82, 2.24) is 0 Å². The second kappa shape index (κ2) is 8.79. The molecule has 150 valence electrons. The number of ether oxygens (including phenoxy) is 1. The molecule has 0 aromatic heterocycles. The number of rotatable bonds is 7. The van der Waals surface area contributed by atoms with Gasteiger partial charge in [0.05, 0.1) is 24.1 Å². The zero-order valence-electron chi connectivity index (χ0n) is 16.2. The molecule has 0 atom stereocenters. The van der Waals surface area contributed by atoms with E-state index in [1.54, 1.807) is 30.3 Å². The van der Waals surface area contributed by atoms with Crippen LogP contribution in [0.1, 0.15) is 11.1 Å². The molecule has 1 amide bonds.